The summed E-state index contributed by atoms with van der Waals surface area (Å²) in [7, 11) is 0. The predicted molar refractivity (Wildman–Crippen MR) is 65.7 cm³/mol. The van der Waals surface area contributed by atoms with Gasteiger partial charge < -0.3 is 14.6 Å². The molecule has 1 N–H and O–H groups in total. The minimum absolute atomic E-state index is 0.174. The van der Waals surface area contributed by atoms with Crippen molar-refractivity contribution in [1.82, 2.24) is 14.9 Å². The van der Waals surface area contributed by atoms with Crippen LogP contribution in [0.15, 0.2) is 12.5 Å². The first-order chi connectivity index (χ1) is 8.17. The summed E-state index contributed by atoms with van der Waals surface area (Å²) in [4.78, 5) is 4.28. The zero-order chi connectivity index (χ0) is 11.9. The number of nitrogens with zero attached hydrogens (tertiary/aromatic N) is 2. The molecule has 0 radical (unpaired) electrons. The molecule has 0 amide bonds. The molecule has 1 aliphatic carbocycles. The van der Waals surface area contributed by atoms with Gasteiger partial charge in [0.1, 0.15) is 6.10 Å². The minimum atomic E-state index is 0.174. The highest BCUT2D eigenvalue weighted by atomic mass is 16.5. The average molecular weight is 235 g/mol. The van der Waals surface area contributed by atoms with Crippen molar-refractivity contribution in [3.05, 3.63) is 18.2 Å². The Bertz CT molecular complexity index is 393. The van der Waals surface area contributed by atoms with Crippen molar-refractivity contribution in [2.24, 2.45) is 11.3 Å². The lowest BCUT2D eigenvalue weighted by molar-refractivity contribution is 0.0225. The van der Waals surface area contributed by atoms with Gasteiger partial charge in [0, 0.05) is 19.6 Å². The summed E-state index contributed by atoms with van der Waals surface area (Å²) >= 11 is 0. The number of rotatable bonds is 3. The first-order valence-electron chi connectivity index (χ1n) is 6.49. The van der Waals surface area contributed by atoms with E-state index in [9.17, 15) is 0 Å². The van der Waals surface area contributed by atoms with Crippen LogP contribution in [0, 0.1) is 11.3 Å². The third-order valence-corrected chi connectivity index (χ3v) is 4.14. The van der Waals surface area contributed by atoms with E-state index >= 15 is 0 Å². The molecule has 1 saturated heterocycles. The van der Waals surface area contributed by atoms with Crippen LogP contribution in [0.25, 0.3) is 0 Å². The summed E-state index contributed by atoms with van der Waals surface area (Å²) in [6.07, 6.45) is 5.40. The number of nitrogens with one attached hydrogen (secondary N) is 1. The topological polar surface area (TPSA) is 39.1 Å². The smallest absolute Gasteiger partial charge is 0.111 e. The van der Waals surface area contributed by atoms with Gasteiger partial charge in [0.2, 0.25) is 0 Å². The van der Waals surface area contributed by atoms with E-state index in [1.807, 2.05) is 12.5 Å². The molecule has 2 atom stereocenters. The van der Waals surface area contributed by atoms with Gasteiger partial charge >= 0.3 is 0 Å². The maximum absolute atomic E-state index is 5.79. The van der Waals surface area contributed by atoms with Crippen molar-refractivity contribution in [1.29, 1.82) is 0 Å². The van der Waals surface area contributed by atoms with Crippen LogP contribution < -0.4 is 5.32 Å². The molecule has 2 heterocycles. The molecular formula is C13H21N3O. The Morgan fingerprint density at radius 3 is 3.06 bits per heavy atom. The fourth-order valence-corrected chi connectivity index (χ4v) is 2.63. The number of hydrogen-bond donors (Lipinski definition) is 1. The summed E-state index contributed by atoms with van der Waals surface area (Å²) in [5.41, 5.74) is 1.74. The summed E-state index contributed by atoms with van der Waals surface area (Å²) in [5.74, 6) is 0.798. The van der Waals surface area contributed by atoms with Gasteiger partial charge in [-0.05, 0) is 17.8 Å². The molecule has 1 aliphatic heterocycles. The molecule has 2 fully saturated rings. The van der Waals surface area contributed by atoms with Crippen LogP contribution in [0.4, 0.5) is 0 Å². The van der Waals surface area contributed by atoms with Crippen LogP contribution in [0.2, 0.25) is 0 Å². The van der Waals surface area contributed by atoms with Gasteiger partial charge in [-0.3, -0.25) is 0 Å². The maximum Gasteiger partial charge on any atom is 0.111 e. The maximum atomic E-state index is 5.79. The van der Waals surface area contributed by atoms with E-state index in [-0.39, 0.29) is 6.10 Å². The number of ether oxygens (including phenoxy) is 1. The van der Waals surface area contributed by atoms with Crippen molar-refractivity contribution in [2.75, 3.05) is 19.7 Å². The molecule has 2 unspecified atom stereocenters. The van der Waals surface area contributed by atoms with E-state index in [4.69, 9.17) is 4.74 Å². The highest BCUT2D eigenvalue weighted by Crippen LogP contribution is 2.52. The first-order valence-corrected chi connectivity index (χ1v) is 6.49. The van der Waals surface area contributed by atoms with Crippen LogP contribution in [-0.4, -0.2) is 29.2 Å². The molecule has 4 nitrogen and oxygen atoms in total. The summed E-state index contributed by atoms with van der Waals surface area (Å²) in [6, 6.07) is 0. The second kappa shape index (κ2) is 4.10. The van der Waals surface area contributed by atoms with E-state index in [1.54, 1.807) is 0 Å². The van der Waals surface area contributed by atoms with E-state index in [0.29, 0.717) is 5.41 Å². The molecule has 94 valence electrons. The van der Waals surface area contributed by atoms with E-state index in [2.05, 4.69) is 28.7 Å². The molecule has 0 spiro atoms. The van der Waals surface area contributed by atoms with Crippen LogP contribution in [0.1, 0.15) is 32.1 Å². The van der Waals surface area contributed by atoms with Crippen molar-refractivity contribution < 1.29 is 4.74 Å². The van der Waals surface area contributed by atoms with Gasteiger partial charge in [-0.2, -0.15) is 0 Å². The monoisotopic (exact) mass is 235 g/mol. The Hall–Kier alpha value is -0.870. The molecule has 17 heavy (non-hydrogen) atoms. The van der Waals surface area contributed by atoms with Gasteiger partial charge in [0.15, 0.2) is 0 Å². The van der Waals surface area contributed by atoms with Crippen LogP contribution >= 0.6 is 0 Å². The molecular weight excluding hydrogens is 214 g/mol. The van der Waals surface area contributed by atoms with Crippen LogP contribution in [-0.2, 0) is 11.3 Å². The lowest BCUT2D eigenvalue weighted by atomic mass is 10.1. The van der Waals surface area contributed by atoms with E-state index < -0.39 is 0 Å². The molecule has 2 aliphatic rings. The number of morpholine rings is 1. The zero-order valence-corrected chi connectivity index (χ0v) is 10.6. The SMILES string of the molecule is CC1(C)CC1Cn1cncc1C1CNCCO1. The van der Waals surface area contributed by atoms with Crippen LogP contribution in [0.5, 0.6) is 0 Å². The van der Waals surface area contributed by atoms with Gasteiger partial charge in [-0.1, -0.05) is 13.8 Å². The van der Waals surface area contributed by atoms with Gasteiger partial charge in [-0.15, -0.1) is 0 Å². The summed E-state index contributed by atoms with van der Waals surface area (Å²) in [6.45, 7) is 8.42. The zero-order valence-electron chi connectivity index (χ0n) is 10.6. The Labute approximate surface area is 102 Å². The number of hydrogen-bond acceptors (Lipinski definition) is 3. The second-order valence-electron chi connectivity index (χ2n) is 5.92. The minimum Gasteiger partial charge on any atom is -0.369 e. The quantitative estimate of drug-likeness (QED) is 0.864. The summed E-state index contributed by atoms with van der Waals surface area (Å²) in [5, 5.41) is 3.37. The lowest BCUT2D eigenvalue weighted by Gasteiger charge is -2.24. The molecule has 1 aromatic rings. The van der Waals surface area contributed by atoms with Gasteiger partial charge in [0.05, 0.1) is 24.8 Å². The fraction of sp³-hybridized carbons (Fsp3) is 0.769. The van der Waals surface area contributed by atoms with Gasteiger partial charge in [-0.25, -0.2) is 4.98 Å². The Kier molecular flexibility index (Phi) is 2.71. The Morgan fingerprint density at radius 1 is 1.59 bits per heavy atom. The number of aromatic nitrogens is 2. The Balaban J connectivity index is 1.70. The molecule has 1 saturated carbocycles. The largest absolute Gasteiger partial charge is 0.369 e. The lowest BCUT2D eigenvalue weighted by Crippen LogP contribution is -2.34. The molecule has 3 rings (SSSR count). The van der Waals surface area contributed by atoms with Crippen molar-refractivity contribution in [2.45, 2.75) is 32.9 Å². The second-order valence-corrected chi connectivity index (χ2v) is 5.92. The molecule has 0 bridgehead atoms. The van der Waals surface area contributed by atoms with E-state index in [0.717, 1.165) is 32.2 Å². The number of imidazole rings is 1. The standard InChI is InChI=1S/C13H21N3O/c1-13(2)5-10(13)8-16-9-15-6-11(16)12-7-14-3-4-17-12/h6,9-10,12,14H,3-5,7-8H2,1-2H3. The third-order valence-electron chi connectivity index (χ3n) is 4.14. The van der Waals surface area contributed by atoms with Gasteiger partial charge in [0.25, 0.3) is 0 Å². The average Bonchev–Trinajstić information content (AvgIpc) is 2.76. The summed E-state index contributed by atoms with van der Waals surface area (Å²) < 4.78 is 8.07. The first kappa shape index (κ1) is 11.2. The normalized spacial score (nSPS) is 31.4. The Morgan fingerprint density at radius 2 is 2.41 bits per heavy atom. The fourth-order valence-electron chi connectivity index (χ4n) is 2.63. The highest BCUT2D eigenvalue weighted by molar-refractivity contribution is 5.07. The highest BCUT2D eigenvalue weighted by Gasteiger charge is 2.45. The molecule has 0 aromatic carbocycles. The molecule has 1 aromatic heterocycles. The van der Waals surface area contributed by atoms with Crippen LogP contribution in [0.3, 0.4) is 0 Å². The van der Waals surface area contributed by atoms with Crippen molar-refractivity contribution >= 4 is 0 Å². The van der Waals surface area contributed by atoms with E-state index in [1.165, 1.54) is 12.1 Å². The molecule has 4 heteroatoms. The third kappa shape index (κ3) is 2.24. The van der Waals surface area contributed by atoms with Crippen molar-refractivity contribution in [3.8, 4) is 0 Å². The van der Waals surface area contributed by atoms with Crippen molar-refractivity contribution in [3.63, 3.8) is 0 Å². The predicted octanol–water partition coefficient (Wildman–Crippen LogP) is 1.59.